The number of ketones is 1. The number of allylic oxidation sites excluding steroid dienone is 2. The van der Waals surface area contributed by atoms with Crippen molar-refractivity contribution in [1.29, 1.82) is 0 Å². The number of amides is 1. The van der Waals surface area contributed by atoms with E-state index in [1.165, 1.54) is 18.3 Å². The van der Waals surface area contributed by atoms with E-state index in [0.717, 1.165) is 17.7 Å². The van der Waals surface area contributed by atoms with Crippen LogP contribution >= 0.6 is 11.3 Å². The summed E-state index contributed by atoms with van der Waals surface area (Å²) >= 11 is 1.30. The first-order valence-corrected chi connectivity index (χ1v) is 8.06. The normalized spacial score (nSPS) is 17.0. The molecule has 1 amide bonds. The number of thiophene rings is 1. The molecule has 6 heteroatoms. The first kappa shape index (κ1) is 16.4. The summed E-state index contributed by atoms with van der Waals surface area (Å²) in [7, 11) is 0. The number of carbonyl (C=O) groups is 3. The van der Waals surface area contributed by atoms with Crippen molar-refractivity contribution in [3.05, 3.63) is 34.0 Å². The average molecular weight is 321 g/mol. The number of hydrogen-bond donors (Lipinski definition) is 1. The number of esters is 1. The molecule has 1 atom stereocenters. The third kappa shape index (κ3) is 4.80. The Morgan fingerprint density at radius 2 is 2.14 bits per heavy atom. The van der Waals surface area contributed by atoms with Gasteiger partial charge in [0.25, 0.3) is 0 Å². The van der Waals surface area contributed by atoms with Crippen molar-refractivity contribution in [2.75, 3.05) is 6.61 Å². The second-order valence-electron chi connectivity index (χ2n) is 5.19. The van der Waals surface area contributed by atoms with Gasteiger partial charge in [0, 0.05) is 11.8 Å². The second kappa shape index (κ2) is 7.89. The summed E-state index contributed by atoms with van der Waals surface area (Å²) in [6.45, 7) is 1.63. The first-order chi connectivity index (χ1) is 10.6. The maximum absolute atomic E-state index is 12.0. The second-order valence-corrected chi connectivity index (χ2v) is 6.36. The third-order valence-electron chi connectivity index (χ3n) is 3.40. The van der Waals surface area contributed by atoms with Gasteiger partial charge in [-0.2, -0.15) is 0 Å². The lowest BCUT2D eigenvalue weighted by Gasteiger charge is -2.15. The lowest BCUT2D eigenvalue weighted by Crippen LogP contribution is -2.21. The molecular weight excluding hydrogens is 302 g/mol. The SMILES string of the molecule is CC(=O)NCc1ccc(C(=O)COC(=O)[C@@H]2CC=CCC2)s1. The molecule has 0 radical (unpaired) electrons. The Morgan fingerprint density at radius 3 is 2.82 bits per heavy atom. The molecule has 0 saturated carbocycles. The van der Waals surface area contributed by atoms with Crippen LogP contribution in [-0.4, -0.2) is 24.3 Å². The Kier molecular flexibility index (Phi) is 5.89. The van der Waals surface area contributed by atoms with Gasteiger partial charge in [0.2, 0.25) is 11.7 Å². The van der Waals surface area contributed by atoms with Crippen molar-refractivity contribution in [3.8, 4) is 0 Å². The maximum Gasteiger partial charge on any atom is 0.309 e. The molecule has 2 rings (SSSR count). The Morgan fingerprint density at radius 1 is 1.32 bits per heavy atom. The van der Waals surface area contributed by atoms with Gasteiger partial charge in [-0.25, -0.2) is 0 Å². The van der Waals surface area contributed by atoms with Crippen LogP contribution < -0.4 is 5.32 Å². The Balaban J connectivity index is 1.80. The van der Waals surface area contributed by atoms with Crippen LogP contribution in [0.1, 0.15) is 40.7 Å². The maximum atomic E-state index is 12.0. The molecule has 0 unspecified atom stereocenters. The summed E-state index contributed by atoms with van der Waals surface area (Å²) in [5, 5.41) is 2.68. The molecule has 0 bridgehead atoms. The largest absolute Gasteiger partial charge is 0.457 e. The Hall–Kier alpha value is -1.95. The van der Waals surface area contributed by atoms with E-state index >= 15 is 0 Å². The zero-order chi connectivity index (χ0) is 15.9. The van der Waals surface area contributed by atoms with Crippen molar-refractivity contribution in [3.63, 3.8) is 0 Å². The molecule has 0 spiro atoms. The zero-order valence-electron chi connectivity index (χ0n) is 12.5. The van der Waals surface area contributed by atoms with E-state index in [2.05, 4.69) is 11.4 Å². The van der Waals surface area contributed by atoms with Crippen LogP contribution in [0.3, 0.4) is 0 Å². The molecule has 5 nitrogen and oxygen atoms in total. The highest BCUT2D eigenvalue weighted by Crippen LogP contribution is 2.20. The number of rotatable bonds is 6. The standard InChI is InChI=1S/C16H19NO4S/c1-11(18)17-9-13-7-8-15(22-13)14(19)10-21-16(20)12-5-3-2-4-6-12/h2-3,7-8,12H,4-6,9-10H2,1H3,(H,17,18)/t12-/m1/s1. The molecule has 1 heterocycles. The van der Waals surface area contributed by atoms with Crippen LogP contribution in [0.2, 0.25) is 0 Å². The van der Waals surface area contributed by atoms with Crippen LogP contribution in [0.25, 0.3) is 0 Å². The minimum Gasteiger partial charge on any atom is -0.457 e. The molecule has 0 aliphatic heterocycles. The van der Waals surface area contributed by atoms with E-state index in [4.69, 9.17) is 4.74 Å². The van der Waals surface area contributed by atoms with E-state index in [1.807, 2.05) is 6.08 Å². The van der Waals surface area contributed by atoms with Crippen molar-refractivity contribution >= 4 is 29.0 Å². The quantitative estimate of drug-likeness (QED) is 0.496. The van der Waals surface area contributed by atoms with Gasteiger partial charge in [-0.05, 0) is 31.4 Å². The topological polar surface area (TPSA) is 72.5 Å². The Labute approximate surface area is 133 Å². The predicted octanol–water partition coefficient (Wildman–Crippen LogP) is 2.47. The zero-order valence-corrected chi connectivity index (χ0v) is 13.3. The van der Waals surface area contributed by atoms with Crippen LogP contribution in [0, 0.1) is 5.92 Å². The molecular formula is C16H19NO4S. The molecule has 0 aromatic carbocycles. The van der Waals surface area contributed by atoms with E-state index in [1.54, 1.807) is 12.1 Å². The molecule has 0 fully saturated rings. The third-order valence-corrected chi connectivity index (χ3v) is 4.52. The fourth-order valence-electron chi connectivity index (χ4n) is 2.17. The van der Waals surface area contributed by atoms with Gasteiger partial charge in [-0.3, -0.25) is 14.4 Å². The molecule has 118 valence electrons. The van der Waals surface area contributed by atoms with E-state index in [0.29, 0.717) is 17.8 Å². The van der Waals surface area contributed by atoms with Gasteiger partial charge in [-0.15, -0.1) is 11.3 Å². The average Bonchev–Trinajstić information content (AvgIpc) is 3.00. The van der Waals surface area contributed by atoms with Gasteiger partial charge in [0.15, 0.2) is 6.61 Å². The molecule has 22 heavy (non-hydrogen) atoms. The van der Waals surface area contributed by atoms with Crippen LogP contribution in [0.4, 0.5) is 0 Å². The number of ether oxygens (including phenoxy) is 1. The van der Waals surface area contributed by atoms with Gasteiger partial charge >= 0.3 is 5.97 Å². The van der Waals surface area contributed by atoms with Gasteiger partial charge in [-0.1, -0.05) is 12.2 Å². The summed E-state index contributed by atoms with van der Waals surface area (Å²) in [6.07, 6.45) is 6.38. The summed E-state index contributed by atoms with van der Waals surface area (Å²) in [4.78, 5) is 36.2. The number of carbonyl (C=O) groups excluding carboxylic acids is 3. The van der Waals surface area contributed by atoms with E-state index in [-0.39, 0.29) is 30.2 Å². The molecule has 1 N–H and O–H groups in total. The van der Waals surface area contributed by atoms with Crippen molar-refractivity contribution in [2.24, 2.45) is 5.92 Å². The fraction of sp³-hybridized carbons (Fsp3) is 0.438. The predicted molar refractivity (Wildman–Crippen MR) is 83.6 cm³/mol. The van der Waals surface area contributed by atoms with Crippen molar-refractivity contribution < 1.29 is 19.1 Å². The summed E-state index contributed by atoms with van der Waals surface area (Å²) in [6, 6.07) is 3.49. The minimum absolute atomic E-state index is 0.114. The monoisotopic (exact) mass is 321 g/mol. The number of nitrogens with one attached hydrogen (secondary N) is 1. The van der Waals surface area contributed by atoms with Gasteiger partial charge in [0.05, 0.1) is 17.3 Å². The van der Waals surface area contributed by atoms with E-state index in [9.17, 15) is 14.4 Å². The summed E-state index contributed by atoms with van der Waals surface area (Å²) in [5.41, 5.74) is 0. The number of hydrogen-bond acceptors (Lipinski definition) is 5. The lowest BCUT2D eigenvalue weighted by molar-refractivity contribution is -0.147. The van der Waals surface area contributed by atoms with Crippen molar-refractivity contribution in [1.82, 2.24) is 5.32 Å². The molecule has 1 aromatic rings. The fourth-order valence-corrected chi connectivity index (χ4v) is 3.04. The highest BCUT2D eigenvalue weighted by Gasteiger charge is 2.21. The lowest BCUT2D eigenvalue weighted by atomic mass is 9.95. The highest BCUT2D eigenvalue weighted by atomic mass is 32.1. The van der Waals surface area contributed by atoms with Crippen LogP contribution in [0.5, 0.6) is 0 Å². The minimum atomic E-state index is -0.298. The molecule has 1 aromatic heterocycles. The van der Waals surface area contributed by atoms with Gasteiger partial charge < -0.3 is 10.1 Å². The Bertz CT molecular complexity index is 591. The summed E-state index contributed by atoms with van der Waals surface area (Å²) < 4.78 is 5.12. The molecule has 1 aliphatic carbocycles. The smallest absolute Gasteiger partial charge is 0.309 e. The first-order valence-electron chi connectivity index (χ1n) is 7.24. The number of Topliss-reactive ketones (excluding diaryl/α,β-unsaturated/α-hetero) is 1. The molecule has 0 saturated heterocycles. The summed E-state index contributed by atoms with van der Waals surface area (Å²) in [5.74, 6) is -0.750. The van der Waals surface area contributed by atoms with E-state index < -0.39 is 0 Å². The van der Waals surface area contributed by atoms with Gasteiger partial charge in [0.1, 0.15) is 0 Å². The highest BCUT2D eigenvalue weighted by molar-refractivity contribution is 7.14. The molecule has 1 aliphatic rings. The van der Waals surface area contributed by atoms with Crippen LogP contribution in [-0.2, 0) is 20.9 Å². The van der Waals surface area contributed by atoms with Crippen molar-refractivity contribution in [2.45, 2.75) is 32.7 Å². The van der Waals surface area contributed by atoms with Crippen LogP contribution in [0.15, 0.2) is 24.3 Å².